The van der Waals surface area contributed by atoms with E-state index in [1.807, 2.05) is 0 Å². The van der Waals surface area contributed by atoms with Gasteiger partial charge >= 0.3 is 0 Å². The number of thiophene rings is 1. The fourth-order valence-corrected chi connectivity index (χ4v) is 4.11. The molecule has 0 spiro atoms. The number of ether oxygens (including phenoxy) is 5. The highest BCUT2D eigenvalue weighted by Gasteiger charge is 2.24. The van der Waals surface area contributed by atoms with Crippen LogP contribution in [-0.4, -0.2) is 65.0 Å². The van der Waals surface area contributed by atoms with Crippen LogP contribution < -0.4 is 15.0 Å². The Morgan fingerprint density at radius 3 is 1.56 bits per heavy atom. The van der Waals surface area contributed by atoms with Gasteiger partial charge < -0.3 is 23.7 Å². The minimum Gasteiger partial charge on any atom is -0.486 e. The summed E-state index contributed by atoms with van der Waals surface area (Å²) in [5, 5.41) is 0. The van der Waals surface area contributed by atoms with Gasteiger partial charge in [0.15, 0.2) is 11.5 Å². The van der Waals surface area contributed by atoms with Crippen LogP contribution in [-0.2, 0) is 19.0 Å². The molecule has 1 N–H and O–H groups in total. The largest absolute Gasteiger partial charge is 0.486 e. The minimum atomic E-state index is -0.0761. The van der Waals surface area contributed by atoms with Gasteiger partial charge in [-0.05, 0) is 39.0 Å². The maximum absolute atomic E-state index is 6.20. The Bertz CT molecular complexity index is 642. The molecule has 1 rings (SSSR count). The molecular formula is C26H49NO6S. The Morgan fingerprint density at radius 1 is 0.676 bits per heavy atom. The highest BCUT2D eigenvalue weighted by Crippen LogP contribution is 2.48. The summed E-state index contributed by atoms with van der Waals surface area (Å²) in [5.41, 5.74) is 2.90. The summed E-state index contributed by atoms with van der Waals surface area (Å²) in [4.78, 5) is 7.83. The van der Waals surface area contributed by atoms with Crippen LogP contribution in [0.25, 0.3) is 0 Å². The molecule has 7 nitrogen and oxygen atoms in total. The molecule has 0 amide bonds. The van der Waals surface area contributed by atoms with Crippen LogP contribution in [0.5, 0.6) is 11.5 Å². The summed E-state index contributed by atoms with van der Waals surface area (Å²) in [6, 6.07) is 0. The monoisotopic (exact) mass is 503 g/mol. The van der Waals surface area contributed by atoms with E-state index in [1.54, 1.807) is 11.3 Å². The lowest BCUT2D eigenvalue weighted by Crippen LogP contribution is -2.36. The third-order valence-electron chi connectivity index (χ3n) is 4.59. The van der Waals surface area contributed by atoms with Crippen molar-refractivity contribution in [3.63, 3.8) is 0 Å². The molecule has 0 radical (unpaired) electrons. The van der Waals surface area contributed by atoms with E-state index in [0.717, 1.165) is 30.9 Å². The van der Waals surface area contributed by atoms with Gasteiger partial charge in [-0.1, -0.05) is 41.0 Å². The second-order valence-electron chi connectivity index (χ2n) is 9.89. The number of unbranched alkanes of at least 4 members (excludes halogenated alkanes) is 1. The van der Waals surface area contributed by atoms with E-state index in [2.05, 4.69) is 60.9 Å². The molecule has 0 bridgehead atoms. The predicted octanol–water partition coefficient (Wildman–Crippen LogP) is 5.92. The predicted molar refractivity (Wildman–Crippen MR) is 140 cm³/mol. The van der Waals surface area contributed by atoms with Gasteiger partial charge in [0.2, 0.25) is 0 Å². The fraction of sp³-hybridized carbons (Fsp3) is 0.846. The molecule has 200 valence electrons. The second-order valence-corrected chi connectivity index (χ2v) is 11.0. The SMILES string of the molecule is CCCCOCCOCCOc1c(C(C)C)sc(C(C)C)c1OCCOCCONC(C)(C)C. The summed E-state index contributed by atoms with van der Waals surface area (Å²) in [7, 11) is 0. The van der Waals surface area contributed by atoms with E-state index in [9.17, 15) is 0 Å². The van der Waals surface area contributed by atoms with Gasteiger partial charge in [0.25, 0.3) is 0 Å². The molecule has 8 heteroatoms. The van der Waals surface area contributed by atoms with Gasteiger partial charge in [-0.15, -0.1) is 11.3 Å². The highest BCUT2D eigenvalue weighted by molar-refractivity contribution is 7.13. The molecule has 1 heterocycles. The zero-order valence-corrected chi connectivity index (χ0v) is 23.6. The molecule has 0 atom stereocenters. The Balaban J connectivity index is 2.52. The van der Waals surface area contributed by atoms with Crippen LogP contribution in [0, 0.1) is 0 Å². The van der Waals surface area contributed by atoms with Gasteiger partial charge in [0.05, 0.1) is 49.4 Å². The van der Waals surface area contributed by atoms with Crippen LogP contribution in [0.3, 0.4) is 0 Å². The van der Waals surface area contributed by atoms with Gasteiger partial charge in [-0.2, -0.15) is 5.48 Å². The van der Waals surface area contributed by atoms with Crippen LogP contribution in [0.1, 0.15) is 89.8 Å². The first-order chi connectivity index (χ1) is 16.2. The minimum absolute atomic E-state index is 0.0761. The molecule has 0 fully saturated rings. The first-order valence-corrected chi connectivity index (χ1v) is 13.5. The Morgan fingerprint density at radius 2 is 1.12 bits per heavy atom. The van der Waals surface area contributed by atoms with Crippen molar-refractivity contribution in [1.29, 1.82) is 0 Å². The van der Waals surface area contributed by atoms with E-state index >= 15 is 0 Å². The van der Waals surface area contributed by atoms with Crippen molar-refractivity contribution in [3.05, 3.63) is 9.75 Å². The molecule has 1 aromatic heterocycles. The third kappa shape index (κ3) is 13.3. The van der Waals surface area contributed by atoms with Crippen molar-refractivity contribution in [3.8, 4) is 11.5 Å². The Kier molecular flexibility index (Phi) is 16.0. The molecule has 1 aromatic rings. The average molecular weight is 504 g/mol. The van der Waals surface area contributed by atoms with Gasteiger partial charge in [0, 0.05) is 12.1 Å². The zero-order valence-electron chi connectivity index (χ0n) is 22.8. The van der Waals surface area contributed by atoms with Crippen molar-refractivity contribution < 1.29 is 28.5 Å². The van der Waals surface area contributed by atoms with Crippen molar-refractivity contribution in [2.24, 2.45) is 0 Å². The Hall–Kier alpha value is -0.900. The topological polar surface area (TPSA) is 67.4 Å². The lowest BCUT2D eigenvalue weighted by molar-refractivity contribution is -0.0390. The number of rotatable bonds is 20. The van der Waals surface area contributed by atoms with Crippen LogP contribution in [0.4, 0.5) is 0 Å². The van der Waals surface area contributed by atoms with Crippen LogP contribution in [0.15, 0.2) is 0 Å². The molecule has 0 aromatic carbocycles. The number of hydrogen-bond donors (Lipinski definition) is 1. The normalized spacial score (nSPS) is 12.2. The average Bonchev–Trinajstić information content (AvgIpc) is 3.12. The standard InChI is InChI=1S/C26H49NO6S/c1-9-10-11-28-12-13-29-14-17-31-22-23(25(21(4)5)34-24(22)20(2)3)32-18-15-30-16-19-33-27-26(6,7)8/h20-21,27H,9-19H2,1-8H3. The quantitative estimate of drug-likeness (QED) is 0.175. The summed E-state index contributed by atoms with van der Waals surface area (Å²) in [5.74, 6) is 2.40. The molecule has 0 aliphatic carbocycles. The van der Waals surface area contributed by atoms with E-state index in [4.69, 9.17) is 28.5 Å². The zero-order chi connectivity index (χ0) is 25.4. The molecule has 0 saturated carbocycles. The lowest BCUT2D eigenvalue weighted by atomic mass is 10.1. The highest BCUT2D eigenvalue weighted by atomic mass is 32.1. The molecule has 0 saturated heterocycles. The van der Waals surface area contributed by atoms with E-state index < -0.39 is 0 Å². The smallest absolute Gasteiger partial charge is 0.175 e. The van der Waals surface area contributed by atoms with Gasteiger partial charge in [-0.3, -0.25) is 4.84 Å². The number of hydroxylamine groups is 1. The van der Waals surface area contributed by atoms with Gasteiger partial charge in [-0.25, -0.2) is 0 Å². The molecule has 34 heavy (non-hydrogen) atoms. The summed E-state index contributed by atoms with van der Waals surface area (Å²) >= 11 is 1.78. The fourth-order valence-electron chi connectivity index (χ4n) is 2.91. The molecule has 0 unspecified atom stereocenters. The molecule has 0 aliphatic heterocycles. The Labute approximate surface area is 211 Å². The maximum Gasteiger partial charge on any atom is 0.175 e. The van der Waals surface area contributed by atoms with E-state index in [1.165, 1.54) is 9.75 Å². The number of nitrogens with one attached hydrogen (secondary N) is 1. The summed E-state index contributed by atoms with van der Waals surface area (Å²) in [6.07, 6.45) is 2.24. The third-order valence-corrected chi connectivity index (χ3v) is 6.35. The first-order valence-electron chi connectivity index (χ1n) is 12.7. The second kappa shape index (κ2) is 17.5. The lowest BCUT2D eigenvalue weighted by Gasteiger charge is -2.19. The number of hydrogen-bond acceptors (Lipinski definition) is 8. The molecule has 0 aliphatic rings. The molecular weight excluding hydrogens is 454 g/mol. The first kappa shape index (κ1) is 31.1. The van der Waals surface area contributed by atoms with Crippen molar-refractivity contribution in [1.82, 2.24) is 5.48 Å². The summed E-state index contributed by atoms with van der Waals surface area (Å²) < 4.78 is 29.3. The van der Waals surface area contributed by atoms with Crippen LogP contribution >= 0.6 is 11.3 Å². The van der Waals surface area contributed by atoms with Crippen molar-refractivity contribution in [2.45, 2.75) is 85.6 Å². The van der Waals surface area contributed by atoms with E-state index in [0.29, 0.717) is 64.7 Å². The summed E-state index contributed by atoms with van der Waals surface area (Å²) in [6.45, 7) is 22.0. The van der Waals surface area contributed by atoms with Crippen molar-refractivity contribution in [2.75, 3.05) is 59.5 Å². The van der Waals surface area contributed by atoms with Crippen molar-refractivity contribution >= 4 is 11.3 Å². The van der Waals surface area contributed by atoms with Gasteiger partial charge in [0.1, 0.15) is 13.2 Å². The van der Waals surface area contributed by atoms with E-state index in [-0.39, 0.29) is 5.54 Å². The van der Waals surface area contributed by atoms with Crippen LogP contribution in [0.2, 0.25) is 0 Å². The maximum atomic E-state index is 6.20.